The number of hydrogen-bond donors (Lipinski definition) is 2. The van der Waals surface area contributed by atoms with Crippen molar-refractivity contribution in [2.24, 2.45) is 16.6 Å². The number of aliphatic hydroxyl groups is 1. The van der Waals surface area contributed by atoms with Crippen LogP contribution in [-0.4, -0.2) is 18.8 Å². The van der Waals surface area contributed by atoms with Crippen LogP contribution in [0.1, 0.15) is 56.8 Å². The molecule has 0 saturated heterocycles. The highest BCUT2D eigenvalue weighted by Gasteiger charge is 2.43. The van der Waals surface area contributed by atoms with E-state index in [9.17, 15) is 5.11 Å². The quantitative estimate of drug-likeness (QED) is 0.891. The molecule has 1 atom stereocenters. The molecule has 118 valence electrons. The molecule has 1 saturated carbocycles. The van der Waals surface area contributed by atoms with Gasteiger partial charge in [-0.15, -0.1) is 0 Å². The molecule has 1 aliphatic rings. The number of methoxy groups -OCH3 is 1. The second-order valence-corrected chi connectivity index (χ2v) is 7.36. The maximum Gasteiger partial charge on any atom is 0.121 e. The highest BCUT2D eigenvalue weighted by molar-refractivity contribution is 5.37. The summed E-state index contributed by atoms with van der Waals surface area (Å²) in [7, 11) is 1.67. The van der Waals surface area contributed by atoms with E-state index in [2.05, 4.69) is 13.8 Å². The van der Waals surface area contributed by atoms with Crippen molar-refractivity contribution in [1.82, 2.24) is 0 Å². The van der Waals surface area contributed by atoms with Gasteiger partial charge in [0.25, 0.3) is 0 Å². The first-order valence-electron chi connectivity index (χ1n) is 7.86. The van der Waals surface area contributed by atoms with Gasteiger partial charge < -0.3 is 15.6 Å². The van der Waals surface area contributed by atoms with Gasteiger partial charge >= 0.3 is 0 Å². The van der Waals surface area contributed by atoms with Gasteiger partial charge in [-0.2, -0.15) is 0 Å². The Bertz CT molecular complexity index is 486. The fraction of sp³-hybridized carbons (Fsp3) is 0.667. The number of aliphatic hydroxyl groups excluding tert-OH is 1. The third kappa shape index (κ3) is 3.24. The first-order chi connectivity index (χ1) is 9.83. The summed E-state index contributed by atoms with van der Waals surface area (Å²) in [6.45, 7) is 7.15. The Morgan fingerprint density at radius 3 is 2.33 bits per heavy atom. The van der Waals surface area contributed by atoms with Crippen molar-refractivity contribution in [1.29, 1.82) is 0 Å². The molecule has 21 heavy (non-hydrogen) atoms. The van der Waals surface area contributed by atoms with Crippen LogP contribution in [0.4, 0.5) is 0 Å². The first kappa shape index (κ1) is 16.3. The second kappa shape index (κ2) is 5.98. The predicted octanol–water partition coefficient (Wildman–Crippen LogP) is 3.58. The monoisotopic (exact) mass is 291 g/mol. The smallest absolute Gasteiger partial charge is 0.121 e. The molecule has 3 N–H and O–H groups in total. The van der Waals surface area contributed by atoms with Gasteiger partial charge in [0.1, 0.15) is 5.75 Å². The van der Waals surface area contributed by atoms with Crippen LogP contribution in [0.5, 0.6) is 5.75 Å². The Morgan fingerprint density at radius 1 is 1.24 bits per heavy atom. The standard InChI is InChI=1S/C18H29NO2/c1-13-11-14(5-6-15(13)21-4)16(20)18(12-19)9-7-17(2,3)8-10-18/h5-6,11,16,20H,7-10,12,19H2,1-4H3. The molecule has 0 aromatic heterocycles. The van der Waals surface area contributed by atoms with Crippen molar-refractivity contribution >= 4 is 0 Å². The van der Waals surface area contributed by atoms with E-state index in [-0.39, 0.29) is 5.41 Å². The van der Waals surface area contributed by atoms with Gasteiger partial charge in [0.2, 0.25) is 0 Å². The molecule has 1 aromatic carbocycles. The second-order valence-electron chi connectivity index (χ2n) is 7.36. The summed E-state index contributed by atoms with van der Waals surface area (Å²) in [6, 6.07) is 5.93. The Kier molecular flexibility index (Phi) is 4.64. The van der Waals surface area contributed by atoms with Crippen molar-refractivity contribution in [2.45, 2.75) is 52.6 Å². The van der Waals surface area contributed by atoms with Gasteiger partial charge in [-0.3, -0.25) is 0 Å². The van der Waals surface area contributed by atoms with E-state index in [4.69, 9.17) is 10.5 Å². The van der Waals surface area contributed by atoms with Crippen molar-refractivity contribution in [2.75, 3.05) is 13.7 Å². The molecule has 1 unspecified atom stereocenters. The minimum Gasteiger partial charge on any atom is -0.496 e. The molecule has 0 amide bonds. The Labute approximate surface area is 128 Å². The number of nitrogens with two attached hydrogens (primary N) is 1. The van der Waals surface area contributed by atoms with Crippen LogP contribution in [0.2, 0.25) is 0 Å². The van der Waals surface area contributed by atoms with E-state index in [0.717, 1.165) is 42.6 Å². The van der Waals surface area contributed by atoms with Crippen molar-refractivity contribution in [3.05, 3.63) is 29.3 Å². The molecule has 1 aromatic rings. The number of aryl methyl sites for hydroxylation is 1. The average molecular weight is 291 g/mol. The molecule has 0 radical (unpaired) electrons. The molecular formula is C18H29NO2. The number of benzene rings is 1. The van der Waals surface area contributed by atoms with E-state index in [1.54, 1.807) is 7.11 Å². The van der Waals surface area contributed by atoms with Crippen LogP contribution in [0.3, 0.4) is 0 Å². The predicted molar refractivity (Wildman–Crippen MR) is 86.4 cm³/mol. The molecule has 0 spiro atoms. The van der Waals surface area contributed by atoms with Gasteiger partial charge in [-0.05, 0) is 61.3 Å². The summed E-state index contributed by atoms with van der Waals surface area (Å²) in [5, 5.41) is 10.9. The summed E-state index contributed by atoms with van der Waals surface area (Å²) in [6.07, 6.45) is 3.72. The lowest BCUT2D eigenvalue weighted by Crippen LogP contribution is -2.41. The zero-order valence-corrected chi connectivity index (χ0v) is 13.8. The molecule has 0 aliphatic heterocycles. The van der Waals surface area contributed by atoms with E-state index in [1.165, 1.54) is 0 Å². The van der Waals surface area contributed by atoms with Gasteiger partial charge in [-0.1, -0.05) is 19.9 Å². The maximum atomic E-state index is 10.9. The van der Waals surface area contributed by atoms with E-state index in [1.807, 2.05) is 25.1 Å². The SMILES string of the molecule is COc1ccc(C(O)C2(CN)CCC(C)(C)CC2)cc1C. The summed E-state index contributed by atoms with van der Waals surface area (Å²) in [5.74, 6) is 0.859. The highest BCUT2D eigenvalue weighted by Crippen LogP contribution is 2.50. The van der Waals surface area contributed by atoms with Crippen LogP contribution >= 0.6 is 0 Å². The fourth-order valence-corrected chi connectivity index (χ4v) is 3.44. The Morgan fingerprint density at radius 2 is 1.86 bits per heavy atom. The normalized spacial score (nSPS) is 21.8. The molecule has 0 heterocycles. The summed E-state index contributed by atoms with van der Waals surface area (Å²) in [5.41, 5.74) is 8.27. The zero-order chi connectivity index (χ0) is 15.7. The van der Waals surface area contributed by atoms with Crippen LogP contribution in [-0.2, 0) is 0 Å². The zero-order valence-electron chi connectivity index (χ0n) is 13.8. The Hall–Kier alpha value is -1.06. The molecule has 0 bridgehead atoms. The summed E-state index contributed by atoms with van der Waals surface area (Å²) < 4.78 is 5.30. The van der Waals surface area contributed by atoms with Crippen molar-refractivity contribution < 1.29 is 9.84 Å². The third-order valence-electron chi connectivity index (χ3n) is 5.32. The minimum absolute atomic E-state index is 0.184. The third-order valence-corrected chi connectivity index (χ3v) is 5.32. The van der Waals surface area contributed by atoms with Crippen molar-refractivity contribution in [3.63, 3.8) is 0 Å². The highest BCUT2D eigenvalue weighted by atomic mass is 16.5. The molecule has 3 heteroatoms. The lowest BCUT2D eigenvalue weighted by molar-refractivity contribution is -0.0236. The van der Waals surface area contributed by atoms with Gasteiger partial charge in [0.15, 0.2) is 0 Å². The van der Waals surface area contributed by atoms with Gasteiger partial charge in [-0.25, -0.2) is 0 Å². The largest absolute Gasteiger partial charge is 0.496 e. The fourth-order valence-electron chi connectivity index (χ4n) is 3.44. The topological polar surface area (TPSA) is 55.5 Å². The number of hydrogen-bond acceptors (Lipinski definition) is 3. The van der Waals surface area contributed by atoms with Crippen LogP contribution in [0.25, 0.3) is 0 Å². The molecule has 1 fully saturated rings. The average Bonchev–Trinajstić information content (AvgIpc) is 2.47. The summed E-state index contributed by atoms with van der Waals surface area (Å²) in [4.78, 5) is 0. The molecular weight excluding hydrogens is 262 g/mol. The summed E-state index contributed by atoms with van der Waals surface area (Å²) >= 11 is 0. The van der Waals surface area contributed by atoms with E-state index >= 15 is 0 Å². The molecule has 3 nitrogen and oxygen atoms in total. The van der Waals surface area contributed by atoms with Crippen LogP contribution in [0.15, 0.2) is 18.2 Å². The van der Waals surface area contributed by atoms with Gasteiger partial charge in [0, 0.05) is 12.0 Å². The number of ether oxygens (including phenoxy) is 1. The Balaban J connectivity index is 2.24. The molecule has 2 rings (SSSR count). The van der Waals surface area contributed by atoms with Crippen molar-refractivity contribution in [3.8, 4) is 5.75 Å². The van der Waals surface area contributed by atoms with E-state index in [0.29, 0.717) is 12.0 Å². The lowest BCUT2D eigenvalue weighted by atomic mass is 9.62. The molecule has 1 aliphatic carbocycles. The first-order valence-corrected chi connectivity index (χ1v) is 7.86. The van der Waals surface area contributed by atoms with Gasteiger partial charge in [0.05, 0.1) is 13.2 Å². The lowest BCUT2D eigenvalue weighted by Gasteiger charge is -2.46. The van der Waals surface area contributed by atoms with E-state index < -0.39 is 6.10 Å². The minimum atomic E-state index is -0.497. The van der Waals surface area contributed by atoms with Crippen LogP contribution in [0, 0.1) is 17.8 Å². The number of rotatable bonds is 4. The maximum absolute atomic E-state index is 10.9. The van der Waals surface area contributed by atoms with Crippen LogP contribution < -0.4 is 10.5 Å².